The lowest BCUT2D eigenvalue weighted by Gasteiger charge is -2.22. The molecule has 2 aromatic carbocycles. The van der Waals surface area contributed by atoms with Gasteiger partial charge in [0.15, 0.2) is 6.61 Å². The van der Waals surface area contributed by atoms with Crippen LogP contribution in [0.1, 0.15) is 11.3 Å². The van der Waals surface area contributed by atoms with Crippen molar-refractivity contribution in [2.45, 2.75) is 13.1 Å². The molecule has 0 spiro atoms. The van der Waals surface area contributed by atoms with E-state index in [0.29, 0.717) is 29.1 Å². The highest BCUT2D eigenvalue weighted by Gasteiger charge is 2.17. The van der Waals surface area contributed by atoms with Crippen LogP contribution in [0.25, 0.3) is 0 Å². The highest BCUT2D eigenvalue weighted by Crippen LogP contribution is 2.25. The molecule has 0 bridgehead atoms. The Morgan fingerprint density at radius 2 is 1.88 bits per heavy atom. The van der Waals surface area contributed by atoms with Crippen LogP contribution < -0.4 is 4.74 Å². The number of hydrogen-bond donors (Lipinski definition) is 0. The molecule has 0 radical (unpaired) electrons. The summed E-state index contributed by atoms with van der Waals surface area (Å²) in [7, 11) is 0. The van der Waals surface area contributed by atoms with Crippen molar-refractivity contribution in [2.75, 3.05) is 6.61 Å². The minimum atomic E-state index is -0.376. The van der Waals surface area contributed by atoms with Gasteiger partial charge >= 0.3 is 0 Å². The summed E-state index contributed by atoms with van der Waals surface area (Å²) in [6, 6.07) is 17.4. The Labute approximate surface area is 159 Å². The van der Waals surface area contributed by atoms with Crippen LogP contribution in [0.4, 0.5) is 4.39 Å². The Kier molecular flexibility index (Phi) is 6.07. The Morgan fingerprint density at radius 3 is 2.58 bits per heavy atom. The lowest BCUT2D eigenvalue weighted by atomic mass is 10.2. The molecule has 3 aromatic rings. The van der Waals surface area contributed by atoms with Crippen molar-refractivity contribution in [3.05, 3.63) is 88.5 Å². The zero-order chi connectivity index (χ0) is 18.4. The Hall–Kier alpha value is -2.60. The Balaban J connectivity index is 1.69. The first-order valence-electron chi connectivity index (χ1n) is 8.04. The summed E-state index contributed by atoms with van der Waals surface area (Å²) in [6.07, 6.45) is 1.58. The Bertz CT molecular complexity index is 853. The van der Waals surface area contributed by atoms with Gasteiger partial charge in [-0.3, -0.25) is 4.79 Å². The minimum absolute atomic E-state index is 0.155. The third-order valence-corrected chi connectivity index (χ3v) is 4.36. The molecule has 0 saturated carbocycles. The van der Waals surface area contributed by atoms with Crippen LogP contribution in [0.15, 0.2) is 75.8 Å². The maximum absolute atomic E-state index is 13.2. The average Bonchev–Trinajstić information content (AvgIpc) is 3.14. The molecule has 0 unspecified atom stereocenters. The van der Waals surface area contributed by atoms with Crippen LogP contribution >= 0.6 is 15.9 Å². The minimum Gasteiger partial charge on any atom is -0.483 e. The fourth-order valence-corrected chi connectivity index (χ4v) is 2.92. The molecule has 134 valence electrons. The van der Waals surface area contributed by atoms with E-state index in [4.69, 9.17) is 9.15 Å². The van der Waals surface area contributed by atoms with Gasteiger partial charge in [0.25, 0.3) is 5.91 Å². The quantitative estimate of drug-likeness (QED) is 0.554. The van der Waals surface area contributed by atoms with Gasteiger partial charge in [-0.1, -0.05) is 30.3 Å². The van der Waals surface area contributed by atoms with E-state index >= 15 is 0 Å². The van der Waals surface area contributed by atoms with Crippen LogP contribution in [-0.4, -0.2) is 17.4 Å². The highest BCUT2D eigenvalue weighted by atomic mass is 79.9. The molecule has 1 heterocycles. The number of halogens is 2. The fourth-order valence-electron chi connectivity index (χ4n) is 2.45. The first-order valence-corrected chi connectivity index (χ1v) is 8.83. The number of furan rings is 1. The molecule has 0 fully saturated rings. The van der Waals surface area contributed by atoms with Gasteiger partial charge in [0, 0.05) is 6.54 Å². The molecule has 4 nitrogen and oxygen atoms in total. The molecule has 3 rings (SSSR count). The van der Waals surface area contributed by atoms with E-state index in [-0.39, 0.29) is 18.3 Å². The molecule has 0 aliphatic carbocycles. The number of nitrogens with zero attached hydrogens (tertiary/aromatic N) is 1. The fraction of sp³-hybridized carbons (Fsp3) is 0.150. The maximum Gasteiger partial charge on any atom is 0.261 e. The van der Waals surface area contributed by atoms with Crippen molar-refractivity contribution in [1.82, 2.24) is 4.90 Å². The van der Waals surface area contributed by atoms with Crippen LogP contribution in [0.2, 0.25) is 0 Å². The molecule has 26 heavy (non-hydrogen) atoms. The zero-order valence-electron chi connectivity index (χ0n) is 13.9. The maximum atomic E-state index is 13.2. The Morgan fingerprint density at radius 1 is 1.08 bits per heavy atom. The molecule has 0 saturated heterocycles. The predicted molar refractivity (Wildman–Crippen MR) is 99.0 cm³/mol. The molecule has 0 N–H and O–H groups in total. The predicted octanol–water partition coefficient (Wildman–Crippen LogP) is 4.79. The lowest BCUT2D eigenvalue weighted by molar-refractivity contribution is -0.134. The number of rotatable bonds is 7. The van der Waals surface area contributed by atoms with Gasteiger partial charge in [0.1, 0.15) is 17.3 Å². The van der Waals surface area contributed by atoms with Gasteiger partial charge in [0.2, 0.25) is 0 Å². The lowest BCUT2D eigenvalue weighted by Crippen LogP contribution is -2.34. The second kappa shape index (κ2) is 8.67. The summed E-state index contributed by atoms with van der Waals surface area (Å²) >= 11 is 3.23. The van der Waals surface area contributed by atoms with Crippen molar-refractivity contribution in [2.24, 2.45) is 0 Å². The third kappa shape index (κ3) is 4.95. The van der Waals surface area contributed by atoms with Crippen molar-refractivity contribution < 1.29 is 18.3 Å². The van der Waals surface area contributed by atoms with Crippen LogP contribution in [0.5, 0.6) is 5.75 Å². The van der Waals surface area contributed by atoms with Gasteiger partial charge in [-0.2, -0.15) is 0 Å². The number of hydrogen-bond acceptors (Lipinski definition) is 3. The summed E-state index contributed by atoms with van der Waals surface area (Å²) in [5.41, 5.74) is 1.01. The number of carbonyl (C=O) groups excluding carboxylic acids is 1. The van der Waals surface area contributed by atoms with Gasteiger partial charge in [-0.05, 0) is 51.8 Å². The standard InChI is InChI=1S/C20H17BrFNO3/c21-18-11-16(22)8-9-19(18)26-14-20(24)23(13-17-7-4-10-25-17)12-15-5-2-1-3-6-15/h1-11H,12-14H2. The van der Waals surface area contributed by atoms with Crippen LogP contribution in [-0.2, 0) is 17.9 Å². The van der Waals surface area contributed by atoms with E-state index in [1.54, 1.807) is 17.2 Å². The smallest absolute Gasteiger partial charge is 0.261 e. The van der Waals surface area contributed by atoms with Crippen LogP contribution in [0.3, 0.4) is 0 Å². The topological polar surface area (TPSA) is 42.7 Å². The first-order chi connectivity index (χ1) is 12.6. The van der Waals surface area contributed by atoms with E-state index in [9.17, 15) is 9.18 Å². The summed E-state index contributed by atoms with van der Waals surface area (Å²) in [4.78, 5) is 14.4. The summed E-state index contributed by atoms with van der Waals surface area (Å²) in [6.45, 7) is 0.626. The molecule has 6 heteroatoms. The van der Waals surface area contributed by atoms with E-state index in [1.165, 1.54) is 18.2 Å². The molecular weight excluding hydrogens is 401 g/mol. The van der Waals surface area contributed by atoms with Crippen molar-refractivity contribution in [1.29, 1.82) is 0 Å². The number of benzene rings is 2. The number of amides is 1. The first kappa shape index (κ1) is 18.2. The average molecular weight is 418 g/mol. The van der Waals surface area contributed by atoms with Gasteiger partial charge in [0.05, 0.1) is 17.3 Å². The summed E-state index contributed by atoms with van der Waals surface area (Å²) < 4.78 is 24.5. The van der Waals surface area contributed by atoms with Gasteiger partial charge in [-0.25, -0.2) is 4.39 Å². The van der Waals surface area contributed by atoms with Gasteiger partial charge in [-0.15, -0.1) is 0 Å². The molecular formula is C20H17BrFNO3. The van der Waals surface area contributed by atoms with Crippen molar-refractivity contribution in [3.8, 4) is 5.75 Å². The second-order valence-corrected chi connectivity index (χ2v) is 6.53. The largest absolute Gasteiger partial charge is 0.483 e. The zero-order valence-corrected chi connectivity index (χ0v) is 15.5. The molecule has 0 aliphatic rings. The monoisotopic (exact) mass is 417 g/mol. The molecule has 0 aliphatic heterocycles. The van der Waals surface area contributed by atoms with Crippen molar-refractivity contribution >= 4 is 21.8 Å². The van der Waals surface area contributed by atoms with Crippen molar-refractivity contribution in [3.63, 3.8) is 0 Å². The molecule has 1 amide bonds. The third-order valence-electron chi connectivity index (χ3n) is 3.74. The molecule has 1 aromatic heterocycles. The second-order valence-electron chi connectivity index (χ2n) is 5.68. The normalized spacial score (nSPS) is 10.5. The van der Waals surface area contributed by atoms with E-state index in [2.05, 4.69) is 15.9 Å². The van der Waals surface area contributed by atoms with E-state index in [0.717, 1.165) is 5.56 Å². The van der Waals surface area contributed by atoms with E-state index < -0.39 is 0 Å². The van der Waals surface area contributed by atoms with Crippen LogP contribution in [0, 0.1) is 5.82 Å². The number of ether oxygens (including phenoxy) is 1. The summed E-state index contributed by atoms with van der Waals surface area (Å²) in [5, 5.41) is 0. The molecule has 0 atom stereocenters. The summed E-state index contributed by atoms with van der Waals surface area (Å²) in [5.74, 6) is 0.537. The number of carbonyl (C=O) groups is 1. The SMILES string of the molecule is O=C(COc1ccc(F)cc1Br)N(Cc1ccccc1)Cc1ccco1. The van der Waals surface area contributed by atoms with E-state index in [1.807, 2.05) is 36.4 Å². The highest BCUT2D eigenvalue weighted by molar-refractivity contribution is 9.10. The van der Waals surface area contributed by atoms with Gasteiger partial charge < -0.3 is 14.1 Å².